The smallest absolute Gasteiger partial charge is 0.123 e. The SMILES string of the molecule is CCc1cc(F)cc(C2CCNCC2)c1. The third kappa shape index (κ3) is 2.57. The van der Waals surface area contributed by atoms with Gasteiger partial charge < -0.3 is 5.32 Å². The fourth-order valence-corrected chi connectivity index (χ4v) is 2.27. The van der Waals surface area contributed by atoms with E-state index in [-0.39, 0.29) is 5.82 Å². The molecule has 1 aromatic carbocycles. The summed E-state index contributed by atoms with van der Waals surface area (Å²) in [5.74, 6) is 0.468. The van der Waals surface area contributed by atoms with Gasteiger partial charge in [0.2, 0.25) is 0 Å². The fraction of sp³-hybridized carbons (Fsp3) is 0.538. The maximum Gasteiger partial charge on any atom is 0.123 e. The number of piperidine rings is 1. The monoisotopic (exact) mass is 207 g/mol. The molecule has 0 aliphatic carbocycles. The van der Waals surface area contributed by atoms with Crippen LogP contribution in [0.5, 0.6) is 0 Å². The van der Waals surface area contributed by atoms with Gasteiger partial charge in [-0.25, -0.2) is 4.39 Å². The Hall–Kier alpha value is -0.890. The minimum atomic E-state index is -0.0807. The van der Waals surface area contributed by atoms with E-state index < -0.39 is 0 Å². The topological polar surface area (TPSA) is 12.0 Å². The quantitative estimate of drug-likeness (QED) is 0.786. The summed E-state index contributed by atoms with van der Waals surface area (Å²) < 4.78 is 13.4. The molecule has 0 amide bonds. The van der Waals surface area contributed by atoms with Crippen LogP contribution in [0.2, 0.25) is 0 Å². The maximum absolute atomic E-state index is 13.4. The lowest BCUT2D eigenvalue weighted by Gasteiger charge is -2.23. The van der Waals surface area contributed by atoms with Gasteiger partial charge in [-0.05, 0) is 61.5 Å². The Morgan fingerprint density at radius 3 is 2.67 bits per heavy atom. The Bertz CT molecular complexity index is 329. The van der Waals surface area contributed by atoms with E-state index in [1.54, 1.807) is 12.1 Å². The van der Waals surface area contributed by atoms with E-state index in [2.05, 4.69) is 18.3 Å². The van der Waals surface area contributed by atoms with Crippen molar-refractivity contribution in [3.63, 3.8) is 0 Å². The number of nitrogens with one attached hydrogen (secondary N) is 1. The minimum absolute atomic E-state index is 0.0807. The van der Waals surface area contributed by atoms with Gasteiger partial charge in [0.25, 0.3) is 0 Å². The van der Waals surface area contributed by atoms with E-state index in [4.69, 9.17) is 0 Å². The van der Waals surface area contributed by atoms with Crippen LogP contribution in [0.15, 0.2) is 18.2 Å². The van der Waals surface area contributed by atoms with Crippen LogP contribution in [0.4, 0.5) is 4.39 Å². The van der Waals surface area contributed by atoms with Crippen molar-refractivity contribution < 1.29 is 4.39 Å². The third-order valence-corrected chi connectivity index (χ3v) is 3.20. The molecule has 15 heavy (non-hydrogen) atoms. The van der Waals surface area contributed by atoms with Gasteiger partial charge in [-0.2, -0.15) is 0 Å². The van der Waals surface area contributed by atoms with Crippen LogP contribution in [-0.4, -0.2) is 13.1 Å². The van der Waals surface area contributed by atoms with Crippen molar-refractivity contribution in [3.8, 4) is 0 Å². The van der Waals surface area contributed by atoms with Gasteiger partial charge in [0.05, 0.1) is 0 Å². The van der Waals surface area contributed by atoms with Crippen molar-refractivity contribution in [3.05, 3.63) is 35.1 Å². The normalized spacial score (nSPS) is 18.0. The standard InChI is InChI=1S/C13H18FN/c1-2-10-7-12(9-13(14)8-10)11-3-5-15-6-4-11/h7-9,11,15H,2-6H2,1H3. The van der Waals surface area contributed by atoms with E-state index in [9.17, 15) is 4.39 Å². The van der Waals surface area contributed by atoms with Gasteiger partial charge in [-0.3, -0.25) is 0 Å². The summed E-state index contributed by atoms with van der Waals surface area (Å²) in [7, 11) is 0. The highest BCUT2D eigenvalue weighted by atomic mass is 19.1. The average Bonchev–Trinajstić information content (AvgIpc) is 2.29. The van der Waals surface area contributed by atoms with E-state index in [1.807, 2.05) is 0 Å². The van der Waals surface area contributed by atoms with Crippen LogP contribution < -0.4 is 5.32 Å². The molecule has 0 unspecified atom stereocenters. The van der Waals surface area contributed by atoms with Crippen LogP contribution in [0.3, 0.4) is 0 Å². The molecule has 0 spiro atoms. The largest absolute Gasteiger partial charge is 0.317 e. The van der Waals surface area contributed by atoms with Crippen molar-refractivity contribution in [1.29, 1.82) is 0 Å². The summed E-state index contributed by atoms with van der Waals surface area (Å²) in [6.45, 7) is 4.19. The van der Waals surface area contributed by atoms with Crippen molar-refractivity contribution in [2.75, 3.05) is 13.1 Å². The van der Waals surface area contributed by atoms with Crippen LogP contribution in [0.25, 0.3) is 0 Å². The summed E-state index contributed by atoms with van der Waals surface area (Å²) in [6.07, 6.45) is 3.18. The third-order valence-electron chi connectivity index (χ3n) is 3.20. The summed E-state index contributed by atoms with van der Waals surface area (Å²) in [6, 6.07) is 5.51. The highest BCUT2D eigenvalue weighted by Gasteiger charge is 2.16. The van der Waals surface area contributed by atoms with Crippen LogP contribution in [-0.2, 0) is 6.42 Å². The number of rotatable bonds is 2. The molecule has 0 aromatic heterocycles. The fourth-order valence-electron chi connectivity index (χ4n) is 2.27. The molecule has 1 N–H and O–H groups in total. The molecule has 0 saturated carbocycles. The average molecular weight is 207 g/mol. The molecular weight excluding hydrogens is 189 g/mol. The number of hydrogen-bond acceptors (Lipinski definition) is 1. The molecule has 1 saturated heterocycles. The Morgan fingerprint density at radius 2 is 2.00 bits per heavy atom. The molecule has 0 radical (unpaired) electrons. The number of hydrogen-bond donors (Lipinski definition) is 1. The molecule has 1 nitrogen and oxygen atoms in total. The maximum atomic E-state index is 13.4. The summed E-state index contributed by atoms with van der Waals surface area (Å²) in [5, 5.41) is 3.33. The zero-order valence-corrected chi connectivity index (χ0v) is 9.22. The molecule has 1 aliphatic heterocycles. The van der Waals surface area contributed by atoms with E-state index in [1.165, 1.54) is 5.56 Å². The first-order valence-electron chi connectivity index (χ1n) is 5.79. The zero-order chi connectivity index (χ0) is 10.7. The molecule has 2 rings (SSSR count). The van der Waals surface area contributed by atoms with Crippen molar-refractivity contribution in [2.45, 2.75) is 32.1 Å². The Balaban J connectivity index is 2.22. The minimum Gasteiger partial charge on any atom is -0.317 e. The first-order chi connectivity index (χ1) is 7.29. The van der Waals surface area contributed by atoms with Gasteiger partial charge in [-0.15, -0.1) is 0 Å². The second-order valence-corrected chi connectivity index (χ2v) is 4.27. The lowest BCUT2D eigenvalue weighted by molar-refractivity contribution is 0.458. The van der Waals surface area contributed by atoms with Crippen LogP contribution >= 0.6 is 0 Å². The zero-order valence-electron chi connectivity index (χ0n) is 9.22. The number of aryl methyl sites for hydroxylation is 1. The van der Waals surface area contributed by atoms with E-state index in [0.717, 1.165) is 37.9 Å². The van der Waals surface area contributed by atoms with Crippen molar-refractivity contribution in [1.82, 2.24) is 5.32 Å². The highest BCUT2D eigenvalue weighted by Crippen LogP contribution is 2.26. The summed E-state index contributed by atoms with van der Waals surface area (Å²) >= 11 is 0. The molecule has 2 heteroatoms. The lowest BCUT2D eigenvalue weighted by atomic mass is 9.89. The second kappa shape index (κ2) is 4.75. The first-order valence-corrected chi connectivity index (χ1v) is 5.79. The first kappa shape index (κ1) is 10.6. The number of benzene rings is 1. The van der Waals surface area contributed by atoms with Gasteiger partial charge in [0.15, 0.2) is 0 Å². The van der Waals surface area contributed by atoms with Gasteiger partial charge in [0.1, 0.15) is 5.82 Å². The van der Waals surface area contributed by atoms with Gasteiger partial charge in [0, 0.05) is 0 Å². The molecule has 82 valence electrons. The van der Waals surface area contributed by atoms with Gasteiger partial charge in [-0.1, -0.05) is 13.0 Å². The molecule has 1 fully saturated rings. The van der Waals surface area contributed by atoms with Crippen molar-refractivity contribution in [2.24, 2.45) is 0 Å². The summed E-state index contributed by atoms with van der Waals surface area (Å²) in [4.78, 5) is 0. The Kier molecular flexibility index (Phi) is 3.37. The summed E-state index contributed by atoms with van der Waals surface area (Å²) in [5.41, 5.74) is 2.30. The van der Waals surface area contributed by atoms with E-state index >= 15 is 0 Å². The molecule has 1 aliphatic rings. The molecule has 1 heterocycles. The predicted octanol–water partition coefficient (Wildman–Crippen LogP) is 2.86. The van der Waals surface area contributed by atoms with Crippen LogP contribution in [0.1, 0.15) is 36.8 Å². The Labute approximate surface area is 90.7 Å². The molecular formula is C13H18FN. The van der Waals surface area contributed by atoms with Crippen LogP contribution in [0, 0.1) is 5.82 Å². The highest BCUT2D eigenvalue weighted by molar-refractivity contribution is 5.28. The molecule has 0 bridgehead atoms. The van der Waals surface area contributed by atoms with E-state index in [0.29, 0.717) is 5.92 Å². The molecule has 0 atom stereocenters. The number of halogens is 1. The predicted molar refractivity (Wildman–Crippen MR) is 60.6 cm³/mol. The van der Waals surface area contributed by atoms with Gasteiger partial charge >= 0.3 is 0 Å². The second-order valence-electron chi connectivity index (χ2n) is 4.27. The Morgan fingerprint density at radius 1 is 1.27 bits per heavy atom. The lowest BCUT2D eigenvalue weighted by Crippen LogP contribution is -2.26. The molecule has 1 aromatic rings. The van der Waals surface area contributed by atoms with Crippen molar-refractivity contribution >= 4 is 0 Å².